The molecule has 1 saturated carbocycles. The summed E-state index contributed by atoms with van der Waals surface area (Å²) in [6.07, 6.45) is 3.52. The summed E-state index contributed by atoms with van der Waals surface area (Å²) in [7, 11) is 0. The molecular formula is C17H26N2O4. The van der Waals surface area contributed by atoms with Crippen molar-refractivity contribution in [1.82, 2.24) is 10.6 Å². The SMILES string of the molecule is CC1(C(=O)NCC2CCCO2)CC2(C)CC(C)(C1)C(=O)NC2=O. The minimum absolute atomic E-state index is 0.0762. The number of fused-ring (bicyclic) bond motifs is 2. The zero-order valence-corrected chi connectivity index (χ0v) is 14.2. The number of carbonyl (C=O) groups excluding carboxylic acids is 3. The average Bonchev–Trinajstić information content (AvgIpc) is 2.95. The van der Waals surface area contributed by atoms with Gasteiger partial charge in [0.15, 0.2) is 0 Å². The Morgan fingerprint density at radius 1 is 1.17 bits per heavy atom. The molecule has 1 aliphatic carbocycles. The van der Waals surface area contributed by atoms with Gasteiger partial charge in [0.25, 0.3) is 0 Å². The summed E-state index contributed by atoms with van der Waals surface area (Å²) < 4.78 is 5.54. The van der Waals surface area contributed by atoms with Crippen LogP contribution in [0.4, 0.5) is 0 Å². The van der Waals surface area contributed by atoms with Gasteiger partial charge in [0.05, 0.1) is 6.10 Å². The van der Waals surface area contributed by atoms with Gasteiger partial charge in [-0.05, 0) is 32.1 Å². The van der Waals surface area contributed by atoms with E-state index in [9.17, 15) is 14.4 Å². The number of imide groups is 1. The summed E-state index contributed by atoms with van der Waals surface area (Å²) in [5.41, 5.74) is -2.05. The van der Waals surface area contributed by atoms with Crippen LogP contribution in [-0.2, 0) is 19.1 Å². The Morgan fingerprint density at radius 3 is 2.30 bits per heavy atom. The monoisotopic (exact) mass is 322 g/mol. The molecule has 0 aromatic rings. The molecule has 23 heavy (non-hydrogen) atoms. The smallest absolute Gasteiger partial charge is 0.232 e. The molecule has 3 atom stereocenters. The number of piperidine rings is 1. The second-order valence-electron chi connectivity index (χ2n) is 8.34. The number of hydrogen-bond donors (Lipinski definition) is 2. The maximum Gasteiger partial charge on any atom is 0.232 e. The van der Waals surface area contributed by atoms with Gasteiger partial charge in [-0.15, -0.1) is 0 Å². The number of amides is 3. The van der Waals surface area contributed by atoms with Crippen LogP contribution >= 0.6 is 0 Å². The van der Waals surface area contributed by atoms with Crippen molar-refractivity contribution in [2.45, 2.75) is 59.0 Å². The van der Waals surface area contributed by atoms with E-state index in [0.717, 1.165) is 19.4 Å². The molecule has 3 fully saturated rings. The summed E-state index contributed by atoms with van der Waals surface area (Å²) in [6, 6.07) is 0. The highest BCUT2D eigenvalue weighted by Crippen LogP contribution is 2.56. The first-order valence-corrected chi connectivity index (χ1v) is 8.43. The van der Waals surface area contributed by atoms with Gasteiger partial charge in [0, 0.05) is 29.4 Å². The molecule has 2 heterocycles. The second-order valence-corrected chi connectivity index (χ2v) is 8.34. The average molecular weight is 322 g/mol. The van der Waals surface area contributed by atoms with Crippen molar-refractivity contribution >= 4 is 17.7 Å². The van der Waals surface area contributed by atoms with Gasteiger partial charge in [-0.1, -0.05) is 20.8 Å². The maximum atomic E-state index is 12.8. The van der Waals surface area contributed by atoms with Crippen LogP contribution in [-0.4, -0.2) is 37.0 Å². The zero-order chi connectivity index (χ0) is 16.9. The van der Waals surface area contributed by atoms with Gasteiger partial charge in [-0.25, -0.2) is 0 Å². The fourth-order valence-corrected chi connectivity index (χ4v) is 4.88. The van der Waals surface area contributed by atoms with E-state index in [2.05, 4.69) is 10.6 Å². The lowest BCUT2D eigenvalue weighted by atomic mass is 9.52. The van der Waals surface area contributed by atoms with Crippen molar-refractivity contribution in [1.29, 1.82) is 0 Å². The van der Waals surface area contributed by atoms with Gasteiger partial charge in [0.2, 0.25) is 17.7 Å². The fraction of sp³-hybridized carbons (Fsp3) is 0.824. The van der Waals surface area contributed by atoms with Crippen molar-refractivity contribution in [3.8, 4) is 0 Å². The van der Waals surface area contributed by atoms with Crippen LogP contribution in [0.2, 0.25) is 0 Å². The molecule has 6 heteroatoms. The Kier molecular flexibility index (Phi) is 3.78. The fourth-order valence-electron chi connectivity index (χ4n) is 4.88. The van der Waals surface area contributed by atoms with Crippen molar-refractivity contribution in [3.63, 3.8) is 0 Å². The summed E-state index contributed by atoms with van der Waals surface area (Å²) in [5.74, 6) is -0.580. The lowest BCUT2D eigenvalue weighted by molar-refractivity contribution is -0.164. The predicted molar refractivity (Wildman–Crippen MR) is 83.3 cm³/mol. The number of nitrogens with one attached hydrogen (secondary N) is 2. The molecule has 2 aliphatic heterocycles. The minimum atomic E-state index is -0.715. The van der Waals surface area contributed by atoms with E-state index < -0.39 is 16.2 Å². The molecule has 3 aliphatic rings. The quantitative estimate of drug-likeness (QED) is 0.763. The van der Waals surface area contributed by atoms with Crippen molar-refractivity contribution in [2.24, 2.45) is 16.2 Å². The lowest BCUT2D eigenvalue weighted by Gasteiger charge is -2.53. The first-order valence-electron chi connectivity index (χ1n) is 8.43. The topological polar surface area (TPSA) is 84.5 Å². The number of hydrogen-bond acceptors (Lipinski definition) is 4. The highest BCUT2D eigenvalue weighted by Gasteiger charge is 2.60. The van der Waals surface area contributed by atoms with E-state index in [4.69, 9.17) is 4.74 Å². The van der Waals surface area contributed by atoms with Gasteiger partial charge < -0.3 is 10.1 Å². The molecule has 0 spiro atoms. The van der Waals surface area contributed by atoms with Crippen molar-refractivity contribution < 1.29 is 19.1 Å². The van der Waals surface area contributed by atoms with E-state index in [1.54, 1.807) is 0 Å². The third-order valence-corrected chi connectivity index (χ3v) is 5.73. The third kappa shape index (κ3) is 2.77. The predicted octanol–water partition coefficient (Wildman–Crippen LogP) is 1.14. The van der Waals surface area contributed by atoms with Crippen molar-refractivity contribution in [2.75, 3.05) is 13.2 Å². The van der Waals surface area contributed by atoms with Crippen LogP contribution in [0.25, 0.3) is 0 Å². The van der Waals surface area contributed by atoms with E-state index in [-0.39, 0.29) is 23.8 Å². The van der Waals surface area contributed by atoms with E-state index >= 15 is 0 Å². The highest BCUT2D eigenvalue weighted by atomic mass is 16.5. The molecule has 0 radical (unpaired) electrons. The number of ether oxygens (including phenoxy) is 1. The summed E-state index contributed by atoms with van der Waals surface area (Å²) in [4.78, 5) is 37.3. The van der Waals surface area contributed by atoms with E-state index in [0.29, 0.717) is 25.8 Å². The lowest BCUT2D eigenvalue weighted by Crippen LogP contribution is -2.63. The Labute approximate surface area is 136 Å². The zero-order valence-electron chi connectivity index (χ0n) is 14.2. The van der Waals surface area contributed by atoms with Gasteiger partial charge in [-0.2, -0.15) is 0 Å². The van der Waals surface area contributed by atoms with Gasteiger partial charge >= 0.3 is 0 Å². The summed E-state index contributed by atoms with van der Waals surface area (Å²) in [5, 5.41) is 5.47. The largest absolute Gasteiger partial charge is 0.376 e. The molecule has 3 unspecified atom stereocenters. The minimum Gasteiger partial charge on any atom is -0.376 e. The Morgan fingerprint density at radius 2 is 1.78 bits per heavy atom. The normalized spacial score (nSPS) is 43.2. The Hall–Kier alpha value is -1.43. The van der Waals surface area contributed by atoms with Gasteiger partial charge in [0.1, 0.15) is 0 Å². The van der Waals surface area contributed by atoms with Crippen molar-refractivity contribution in [3.05, 3.63) is 0 Å². The number of carbonyl (C=O) groups is 3. The summed E-state index contributed by atoms with van der Waals surface area (Å²) in [6.45, 7) is 6.85. The highest BCUT2D eigenvalue weighted by molar-refractivity contribution is 6.04. The first-order chi connectivity index (χ1) is 10.7. The molecule has 6 nitrogen and oxygen atoms in total. The second kappa shape index (κ2) is 5.30. The van der Waals surface area contributed by atoms with E-state index in [1.165, 1.54) is 0 Å². The molecule has 128 valence electrons. The van der Waals surface area contributed by atoms with Crippen LogP contribution in [0, 0.1) is 16.2 Å². The van der Waals surface area contributed by atoms with Crippen LogP contribution in [0.15, 0.2) is 0 Å². The maximum absolute atomic E-state index is 12.8. The molecule has 0 aromatic heterocycles. The first kappa shape index (κ1) is 16.4. The van der Waals surface area contributed by atoms with Crippen LogP contribution in [0.3, 0.4) is 0 Å². The molecule has 0 aromatic carbocycles. The van der Waals surface area contributed by atoms with Crippen LogP contribution < -0.4 is 10.6 Å². The van der Waals surface area contributed by atoms with Crippen LogP contribution in [0.1, 0.15) is 52.9 Å². The molecule has 3 rings (SSSR count). The molecular weight excluding hydrogens is 296 g/mol. The Balaban J connectivity index is 1.76. The third-order valence-electron chi connectivity index (χ3n) is 5.73. The van der Waals surface area contributed by atoms with E-state index in [1.807, 2.05) is 20.8 Å². The Bertz CT molecular complexity index is 527. The molecule has 2 bridgehead atoms. The number of rotatable bonds is 3. The molecule has 2 N–H and O–H groups in total. The van der Waals surface area contributed by atoms with Gasteiger partial charge in [-0.3, -0.25) is 19.7 Å². The van der Waals surface area contributed by atoms with Crippen LogP contribution in [0.5, 0.6) is 0 Å². The molecule has 3 amide bonds. The molecule has 2 saturated heterocycles. The standard InChI is InChI=1S/C17H26N2O4/c1-15(12(20)18-7-11-5-4-6-23-11)8-16(2)10-17(3,9-15)14(22)19-13(16)21/h11H,4-10H2,1-3H3,(H,18,20)(H,19,21,22). The summed E-state index contributed by atoms with van der Waals surface area (Å²) >= 11 is 0.